The van der Waals surface area contributed by atoms with Crippen molar-refractivity contribution in [3.8, 4) is 5.75 Å². The maximum atomic E-state index is 12.3. The minimum absolute atomic E-state index is 0.0110. The van der Waals surface area contributed by atoms with Crippen LogP contribution in [0.3, 0.4) is 0 Å². The van der Waals surface area contributed by atoms with Gasteiger partial charge in [0.05, 0.1) is 0 Å². The quantitative estimate of drug-likeness (QED) is 0.855. The maximum Gasteiger partial charge on any atom is 0.251 e. The molecule has 0 aliphatic heterocycles. The van der Waals surface area contributed by atoms with Gasteiger partial charge >= 0.3 is 0 Å². The van der Waals surface area contributed by atoms with Gasteiger partial charge in [0.2, 0.25) is 0 Å². The van der Waals surface area contributed by atoms with E-state index in [1.165, 1.54) is 32.1 Å². The van der Waals surface area contributed by atoms with Gasteiger partial charge in [-0.1, -0.05) is 32.1 Å². The number of aromatic hydroxyl groups is 1. The fourth-order valence-corrected chi connectivity index (χ4v) is 2.77. The molecule has 0 spiro atoms. The van der Waals surface area contributed by atoms with E-state index in [9.17, 15) is 9.90 Å². The van der Waals surface area contributed by atoms with Gasteiger partial charge in [0.15, 0.2) is 0 Å². The van der Waals surface area contributed by atoms with Crippen LogP contribution in [0.2, 0.25) is 0 Å². The van der Waals surface area contributed by atoms with Gasteiger partial charge in [0.25, 0.3) is 5.91 Å². The summed E-state index contributed by atoms with van der Waals surface area (Å²) in [6.45, 7) is 1.85. The smallest absolute Gasteiger partial charge is 0.251 e. The summed E-state index contributed by atoms with van der Waals surface area (Å²) in [5.41, 5.74) is 1.49. The zero-order valence-corrected chi connectivity index (χ0v) is 11.6. The molecule has 3 nitrogen and oxygen atoms in total. The predicted octanol–water partition coefficient (Wildman–Crippen LogP) is 3.54. The van der Waals surface area contributed by atoms with Crippen molar-refractivity contribution in [2.45, 2.75) is 57.9 Å². The van der Waals surface area contributed by atoms with Gasteiger partial charge < -0.3 is 10.4 Å². The van der Waals surface area contributed by atoms with Crippen LogP contribution in [-0.4, -0.2) is 17.1 Å². The van der Waals surface area contributed by atoms with Crippen molar-refractivity contribution in [2.75, 3.05) is 0 Å². The van der Waals surface area contributed by atoms with E-state index in [0.717, 1.165) is 18.4 Å². The molecule has 1 fully saturated rings. The molecule has 0 saturated heterocycles. The highest BCUT2D eigenvalue weighted by Gasteiger charge is 2.16. The Morgan fingerprint density at radius 1 is 1.16 bits per heavy atom. The Bertz CT molecular complexity index is 434. The summed E-state index contributed by atoms with van der Waals surface area (Å²) in [7, 11) is 0. The van der Waals surface area contributed by atoms with E-state index in [-0.39, 0.29) is 11.7 Å². The van der Waals surface area contributed by atoms with Crippen LogP contribution >= 0.6 is 0 Å². The van der Waals surface area contributed by atoms with Crippen LogP contribution < -0.4 is 5.32 Å². The molecular weight excluding hydrogens is 238 g/mol. The van der Waals surface area contributed by atoms with E-state index in [1.54, 1.807) is 18.2 Å². The van der Waals surface area contributed by atoms with Crippen molar-refractivity contribution in [3.05, 3.63) is 29.3 Å². The largest absolute Gasteiger partial charge is 0.508 e. The zero-order chi connectivity index (χ0) is 13.7. The van der Waals surface area contributed by atoms with Crippen LogP contribution in [0.5, 0.6) is 5.75 Å². The molecular formula is C16H23NO2. The number of amides is 1. The summed E-state index contributed by atoms with van der Waals surface area (Å²) in [5, 5.41) is 12.5. The Labute approximate surface area is 115 Å². The molecule has 104 valence electrons. The van der Waals surface area contributed by atoms with Crippen LogP contribution in [-0.2, 0) is 0 Å². The number of benzene rings is 1. The monoisotopic (exact) mass is 261 g/mol. The van der Waals surface area contributed by atoms with E-state index in [1.807, 2.05) is 6.92 Å². The zero-order valence-electron chi connectivity index (χ0n) is 11.6. The number of carbonyl (C=O) groups is 1. The minimum atomic E-state index is -0.0110. The summed E-state index contributed by atoms with van der Waals surface area (Å²) in [6.07, 6.45) is 8.48. The summed E-state index contributed by atoms with van der Waals surface area (Å²) >= 11 is 0. The molecule has 0 radical (unpaired) electrons. The summed E-state index contributed by atoms with van der Waals surface area (Å²) < 4.78 is 0. The van der Waals surface area contributed by atoms with Crippen LogP contribution in [0.15, 0.2) is 18.2 Å². The topological polar surface area (TPSA) is 49.3 Å². The second-order valence-corrected chi connectivity index (χ2v) is 5.51. The molecule has 1 amide bonds. The number of phenols is 1. The molecule has 0 atom stereocenters. The van der Waals surface area contributed by atoms with Crippen molar-refractivity contribution in [3.63, 3.8) is 0 Å². The number of phenolic OH excluding ortho intramolecular Hbond substituents is 1. The SMILES string of the molecule is Cc1cc(O)ccc1C(=O)NC1CCCCCCC1. The van der Waals surface area contributed by atoms with Crippen molar-refractivity contribution in [1.29, 1.82) is 0 Å². The van der Waals surface area contributed by atoms with Crippen molar-refractivity contribution < 1.29 is 9.90 Å². The second-order valence-electron chi connectivity index (χ2n) is 5.51. The number of hydrogen-bond donors (Lipinski definition) is 2. The van der Waals surface area contributed by atoms with E-state index in [0.29, 0.717) is 11.6 Å². The molecule has 0 heterocycles. The number of carbonyl (C=O) groups excluding carboxylic acids is 1. The lowest BCUT2D eigenvalue weighted by Gasteiger charge is -2.21. The lowest BCUT2D eigenvalue weighted by Crippen LogP contribution is -2.35. The van der Waals surface area contributed by atoms with Crippen LogP contribution in [0.25, 0.3) is 0 Å². The number of rotatable bonds is 2. The molecule has 2 N–H and O–H groups in total. The predicted molar refractivity (Wildman–Crippen MR) is 76.4 cm³/mol. The van der Waals surface area contributed by atoms with Crippen molar-refractivity contribution in [2.24, 2.45) is 0 Å². The highest BCUT2D eigenvalue weighted by Crippen LogP contribution is 2.19. The first-order valence-corrected chi connectivity index (χ1v) is 7.27. The number of nitrogens with one attached hydrogen (secondary N) is 1. The minimum Gasteiger partial charge on any atom is -0.508 e. The Balaban J connectivity index is 1.99. The van der Waals surface area contributed by atoms with Gasteiger partial charge in [-0.2, -0.15) is 0 Å². The maximum absolute atomic E-state index is 12.3. The second kappa shape index (κ2) is 6.60. The van der Waals surface area contributed by atoms with E-state index in [2.05, 4.69) is 5.32 Å². The van der Waals surface area contributed by atoms with Crippen molar-refractivity contribution in [1.82, 2.24) is 5.32 Å². The molecule has 1 saturated carbocycles. The summed E-state index contributed by atoms with van der Waals surface area (Å²) in [6, 6.07) is 5.21. The van der Waals surface area contributed by atoms with E-state index in [4.69, 9.17) is 0 Å². The van der Waals surface area contributed by atoms with Crippen LogP contribution in [0.4, 0.5) is 0 Å². The number of aryl methyl sites for hydroxylation is 1. The fourth-order valence-electron chi connectivity index (χ4n) is 2.77. The Hall–Kier alpha value is -1.51. The van der Waals surface area contributed by atoms with Gasteiger partial charge in [-0.3, -0.25) is 4.79 Å². The molecule has 3 heteroatoms. The average molecular weight is 261 g/mol. The fraction of sp³-hybridized carbons (Fsp3) is 0.562. The van der Waals surface area contributed by atoms with Crippen molar-refractivity contribution >= 4 is 5.91 Å². The van der Waals surface area contributed by atoms with Crippen LogP contribution in [0.1, 0.15) is 60.9 Å². The third-order valence-electron chi connectivity index (χ3n) is 3.90. The van der Waals surface area contributed by atoms with E-state index < -0.39 is 0 Å². The average Bonchev–Trinajstić information content (AvgIpc) is 2.32. The standard InChI is InChI=1S/C16H23NO2/c1-12-11-14(18)9-10-15(12)16(19)17-13-7-5-3-2-4-6-8-13/h9-11,13,18H,2-8H2,1H3,(H,17,19). The molecule has 0 aromatic heterocycles. The molecule has 1 aliphatic rings. The summed E-state index contributed by atoms with van der Waals surface area (Å²) in [5.74, 6) is 0.197. The first-order valence-electron chi connectivity index (χ1n) is 7.27. The Kier molecular flexibility index (Phi) is 4.83. The highest BCUT2D eigenvalue weighted by atomic mass is 16.3. The van der Waals surface area contributed by atoms with Gasteiger partial charge in [0.1, 0.15) is 5.75 Å². The van der Waals surface area contributed by atoms with Gasteiger partial charge in [-0.05, 0) is 43.5 Å². The highest BCUT2D eigenvalue weighted by molar-refractivity contribution is 5.95. The molecule has 2 rings (SSSR count). The molecule has 1 aromatic rings. The summed E-state index contributed by atoms with van der Waals surface area (Å²) in [4.78, 5) is 12.3. The lowest BCUT2D eigenvalue weighted by atomic mass is 9.96. The molecule has 1 aliphatic carbocycles. The van der Waals surface area contributed by atoms with E-state index >= 15 is 0 Å². The normalized spacial score (nSPS) is 17.5. The lowest BCUT2D eigenvalue weighted by molar-refractivity contribution is 0.0930. The van der Waals surface area contributed by atoms with Crippen LogP contribution in [0, 0.1) is 6.92 Å². The van der Waals surface area contributed by atoms with Gasteiger partial charge in [0, 0.05) is 11.6 Å². The molecule has 19 heavy (non-hydrogen) atoms. The van der Waals surface area contributed by atoms with Gasteiger partial charge in [-0.15, -0.1) is 0 Å². The Morgan fingerprint density at radius 3 is 2.42 bits per heavy atom. The van der Waals surface area contributed by atoms with Gasteiger partial charge in [-0.25, -0.2) is 0 Å². The first-order chi connectivity index (χ1) is 9.16. The molecule has 1 aromatic carbocycles. The molecule has 0 unspecified atom stereocenters. The first kappa shape index (κ1) is 13.9. The molecule has 0 bridgehead atoms. The third-order valence-corrected chi connectivity index (χ3v) is 3.90. The Morgan fingerprint density at radius 2 is 1.79 bits per heavy atom. The third kappa shape index (κ3) is 3.98. The number of hydrogen-bond acceptors (Lipinski definition) is 2.